The Morgan fingerprint density at radius 3 is 0.789 bits per heavy atom. The minimum Gasteiger partial charge on any atom is -0.462 e. The second-order valence-electron chi connectivity index (χ2n) is 27.1. The number of aliphatic hydroxyl groups excluding tert-OH is 1. The van der Waals surface area contributed by atoms with Gasteiger partial charge in [-0.2, -0.15) is 0 Å². The third kappa shape index (κ3) is 62.2. The molecule has 4 unspecified atom stereocenters. The fraction of sp³-hybridized carbons (Fsp3) is 0.944. The molecule has 0 radical (unpaired) electrons. The molecule has 0 heterocycles. The number of unbranched alkanes of at least 4 members (excludes halogenated alkanes) is 32. The largest absolute Gasteiger partial charge is 0.472 e. The van der Waals surface area contributed by atoms with Gasteiger partial charge in [0.05, 0.1) is 26.4 Å². The molecule has 534 valence electrons. The zero-order chi connectivity index (χ0) is 66.8. The van der Waals surface area contributed by atoms with Crippen LogP contribution in [0.15, 0.2) is 0 Å². The second-order valence-corrected chi connectivity index (χ2v) is 30.0. The van der Waals surface area contributed by atoms with Crippen molar-refractivity contribution in [2.24, 2.45) is 23.7 Å². The van der Waals surface area contributed by atoms with Crippen molar-refractivity contribution in [2.45, 2.75) is 369 Å². The molecular formula is C71H138O17P2. The Hall–Kier alpha value is -1.94. The molecule has 0 saturated carbocycles. The first-order chi connectivity index (χ1) is 43.2. The van der Waals surface area contributed by atoms with Crippen molar-refractivity contribution in [3.05, 3.63) is 0 Å². The molecule has 0 rings (SSSR count). The Labute approximate surface area is 549 Å². The average Bonchev–Trinajstić information content (AvgIpc) is 3.72. The van der Waals surface area contributed by atoms with E-state index in [0.29, 0.717) is 25.7 Å². The standard InChI is InChI=1S/C71H138O17P2/c1-9-63(7)49-41-33-25-21-22-28-38-46-54-71(76)88-67(58-82-69(74)52-44-36-30-29-34-42-50-64(8)10-2)60-86-90(79,80)84-56-65(72)55-83-89(77,78)85-59-66(57-81-68(73)51-43-35-26-20-16-18-24-32-40-48-62(5)6)87-70(75)53-45-37-27-19-15-13-11-12-14-17-23-31-39-47-61(3)4/h61-67,72H,9-60H2,1-8H3,(H,77,78)(H,79,80)/t63?,64?,65-,66-,67-/m1/s1. The van der Waals surface area contributed by atoms with E-state index in [1.54, 1.807) is 0 Å². The maximum absolute atomic E-state index is 13.0. The first-order valence-corrected chi connectivity index (χ1v) is 39.8. The molecule has 0 saturated heterocycles. The lowest BCUT2D eigenvalue weighted by Crippen LogP contribution is -2.30. The summed E-state index contributed by atoms with van der Waals surface area (Å²) in [5.41, 5.74) is 0. The van der Waals surface area contributed by atoms with E-state index < -0.39 is 97.5 Å². The van der Waals surface area contributed by atoms with Gasteiger partial charge in [-0.15, -0.1) is 0 Å². The molecule has 0 fully saturated rings. The van der Waals surface area contributed by atoms with Gasteiger partial charge in [0.25, 0.3) is 0 Å². The van der Waals surface area contributed by atoms with Crippen molar-refractivity contribution >= 4 is 39.5 Å². The van der Waals surface area contributed by atoms with Crippen LogP contribution in [0.5, 0.6) is 0 Å². The Bertz CT molecular complexity index is 1790. The number of carbonyl (C=O) groups is 4. The van der Waals surface area contributed by atoms with Crippen molar-refractivity contribution in [2.75, 3.05) is 39.6 Å². The lowest BCUT2D eigenvalue weighted by atomic mass is 9.99. The van der Waals surface area contributed by atoms with E-state index in [1.807, 2.05) is 0 Å². The van der Waals surface area contributed by atoms with Gasteiger partial charge in [-0.3, -0.25) is 37.3 Å². The highest BCUT2D eigenvalue weighted by atomic mass is 31.2. The van der Waals surface area contributed by atoms with Gasteiger partial charge in [0.15, 0.2) is 12.2 Å². The predicted molar refractivity (Wildman–Crippen MR) is 363 cm³/mol. The fourth-order valence-corrected chi connectivity index (χ4v) is 12.2. The van der Waals surface area contributed by atoms with Crippen LogP contribution < -0.4 is 0 Å². The molecule has 7 atom stereocenters. The number of phosphoric ester groups is 2. The number of hydrogen-bond donors (Lipinski definition) is 3. The minimum atomic E-state index is -4.95. The third-order valence-corrected chi connectivity index (χ3v) is 18.9. The normalized spacial score (nSPS) is 14.9. The summed E-state index contributed by atoms with van der Waals surface area (Å²) in [4.78, 5) is 72.6. The smallest absolute Gasteiger partial charge is 0.462 e. The molecule has 0 aromatic rings. The third-order valence-electron chi connectivity index (χ3n) is 17.0. The average molecular weight is 1330 g/mol. The van der Waals surface area contributed by atoms with E-state index in [1.165, 1.54) is 148 Å². The van der Waals surface area contributed by atoms with E-state index in [0.717, 1.165) is 120 Å². The summed E-state index contributed by atoms with van der Waals surface area (Å²) in [7, 11) is -9.91. The van der Waals surface area contributed by atoms with Gasteiger partial charge in [-0.05, 0) is 49.4 Å². The first-order valence-electron chi connectivity index (χ1n) is 36.8. The molecular weight excluding hydrogens is 1190 g/mol. The van der Waals surface area contributed by atoms with Gasteiger partial charge < -0.3 is 33.8 Å². The van der Waals surface area contributed by atoms with Gasteiger partial charge in [0, 0.05) is 25.7 Å². The van der Waals surface area contributed by atoms with Gasteiger partial charge in [-0.1, -0.05) is 299 Å². The first kappa shape index (κ1) is 88.1. The van der Waals surface area contributed by atoms with E-state index in [2.05, 4.69) is 55.4 Å². The van der Waals surface area contributed by atoms with Crippen LogP contribution in [0.3, 0.4) is 0 Å². The maximum Gasteiger partial charge on any atom is 0.472 e. The number of esters is 4. The number of phosphoric acid groups is 2. The van der Waals surface area contributed by atoms with Crippen LogP contribution in [0, 0.1) is 23.7 Å². The quantitative estimate of drug-likeness (QED) is 0.0222. The van der Waals surface area contributed by atoms with Crippen LogP contribution in [0.4, 0.5) is 0 Å². The Morgan fingerprint density at radius 1 is 0.311 bits per heavy atom. The summed E-state index contributed by atoms with van der Waals surface area (Å²) in [6, 6.07) is 0. The number of hydrogen-bond acceptors (Lipinski definition) is 15. The SMILES string of the molecule is CCC(C)CCCCCCCCCCC(=O)O[C@H](COC(=O)CCCCCCCCC(C)CC)COP(=O)(O)OC[C@H](O)COP(=O)(O)OC[C@@H](COC(=O)CCCCCCCCCCCC(C)C)OC(=O)CCCCCCCCCCCCCCCC(C)C. The molecule has 3 N–H and O–H groups in total. The van der Waals surface area contributed by atoms with Gasteiger partial charge >= 0.3 is 39.5 Å². The van der Waals surface area contributed by atoms with Crippen LogP contribution in [0.2, 0.25) is 0 Å². The van der Waals surface area contributed by atoms with Crippen molar-refractivity contribution in [3.63, 3.8) is 0 Å². The lowest BCUT2D eigenvalue weighted by molar-refractivity contribution is -0.161. The monoisotopic (exact) mass is 1320 g/mol. The van der Waals surface area contributed by atoms with Crippen molar-refractivity contribution in [1.82, 2.24) is 0 Å². The van der Waals surface area contributed by atoms with Gasteiger partial charge in [-0.25, -0.2) is 9.13 Å². The molecule has 0 bridgehead atoms. The number of ether oxygens (including phenoxy) is 4. The zero-order valence-corrected chi connectivity index (χ0v) is 60.6. The summed E-state index contributed by atoms with van der Waals surface area (Å²) in [5.74, 6) is 0.901. The highest BCUT2D eigenvalue weighted by Crippen LogP contribution is 2.45. The van der Waals surface area contributed by atoms with Crippen molar-refractivity contribution in [1.29, 1.82) is 0 Å². The molecule has 0 aliphatic rings. The van der Waals surface area contributed by atoms with E-state index in [9.17, 15) is 43.2 Å². The van der Waals surface area contributed by atoms with Crippen LogP contribution >= 0.6 is 15.6 Å². The van der Waals surface area contributed by atoms with Gasteiger partial charge in [0.2, 0.25) is 0 Å². The topological polar surface area (TPSA) is 237 Å². The molecule has 0 aromatic carbocycles. The summed E-state index contributed by atoms with van der Waals surface area (Å²) in [5, 5.41) is 10.6. The number of aliphatic hydroxyl groups is 1. The van der Waals surface area contributed by atoms with Crippen LogP contribution in [-0.4, -0.2) is 96.7 Å². The van der Waals surface area contributed by atoms with Crippen molar-refractivity contribution in [3.8, 4) is 0 Å². The predicted octanol–water partition coefficient (Wildman–Crippen LogP) is 20.1. The lowest BCUT2D eigenvalue weighted by Gasteiger charge is -2.21. The van der Waals surface area contributed by atoms with E-state index >= 15 is 0 Å². The molecule has 0 aliphatic carbocycles. The Kier molecular flexibility index (Phi) is 59.4. The molecule has 0 aliphatic heterocycles. The molecule has 17 nitrogen and oxygen atoms in total. The molecule has 90 heavy (non-hydrogen) atoms. The summed E-state index contributed by atoms with van der Waals surface area (Å²) >= 11 is 0. The Balaban J connectivity index is 5.26. The molecule has 19 heteroatoms. The van der Waals surface area contributed by atoms with Crippen LogP contribution in [-0.2, 0) is 65.4 Å². The highest BCUT2D eigenvalue weighted by molar-refractivity contribution is 7.47. The second kappa shape index (κ2) is 60.7. The van der Waals surface area contributed by atoms with E-state index in [4.69, 9.17) is 37.0 Å². The highest BCUT2D eigenvalue weighted by Gasteiger charge is 2.30. The van der Waals surface area contributed by atoms with E-state index in [-0.39, 0.29) is 25.7 Å². The van der Waals surface area contributed by atoms with Gasteiger partial charge in [0.1, 0.15) is 19.3 Å². The fourth-order valence-electron chi connectivity index (χ4n) is 10.6. The summed E-state index contributed by atoms with van der Waals surface area (Å²) in [6.45, 7) is 14.1. The summed E-state index contributed by atoms with van der Waals surface area (Å²) < 4.78 is 68.3. The van der Waals surface area contributed by atoms with Crippen molar-refractivity contribution < 1.29 is 80.2 Å². The zero-order valence-electron chi connectivity index (χ0n) is 58.8. The molecule has 0 amide bonds. The molecule has 0 spiro atoms. The Morgan fingerprint density at radius 2 is 0.533 bits per heavy atom. The van der Waals surface area contributed by atoms with Crippen LogP contribution in [0.25, 0.3) is 0 Å². The minimum absolute atomic E-state index is 0.104. The summed E-state index contributed by atoms with van der Waals surface area (Å²) in [6.07, 6.45) is 43.0. The van der Waals surface area contributed by atoms with Crippen LogP contribution in [0.1, 0.15) is 351 Å². The number of carbonyl (C=O) groups excluding carboxylic acids is 4. The number of rotatable bonds is 68. The maximum atomic E-state index is 13.0. The molecule has 0 aromatic heterocycles.